The van der Waals surface area contributed by atoms with Gasteiger partial charge in [-0.1, -0.05) is 30.7 Å². The second-order valence-electron chi connectivity index (χ2n) is 4.71. The van der Waals surface area contributed by atoms with Crippen molar-refractivity contribution in [1.29, 1.82) is 0 Å². The van der Waals surface area contributed by atoms with Gasteiger partial charge in [-0.05, 0) is 24.6 Å². The van der Waals surface area contributed by atoms with Crippen molar-refractivity contribution in [3.05, 3.63) is 58.6 Å². The van der Waals surface area contributed by atoms with E-state index in [-0.39, 0.29) is 16.9 Å². The molecule has 1 atom stereocenters. The highest BCUT2D eigenvalue weighted by Gasteiger charge is 2.10. The number of aromatic nitrogens is 1. The summed E-state index contributed by atoms with van der Waals surface area (Å²) in [6, 6.07) is 9.20. The first-order valence-corrected chi connectivity index (χ1v) is 6.82. The van der Waals surface area contributed by atoms with Crippen molar-refractivity contribution >= 4 is 11.6 Å². The molecule has 2 nitrogen and oxygen atoms in total. The van der Waals surface area contributed by atoms with E-state index < -0.39 is 0 Å². The number of nitrogens with zero attached hydrogens (tertiary/aromatic N) is 1. The van der Waals surface area contributed by atoms with E-state index in [0.717, 1.165) is 18.5 Å². The molecule has 2 rings (SSSR count). The van der Waals surface area contributed by atoms with E-state index in [2.05, 4.69) is 6.92 Å². The molecule has 4 heteroatoms. The minimum absolute atomic E-state index is 0.137. The zero-order chi connectivity index (χ0) is 13.8. The van der Waals surface area contributed by atoms with E-state index in [9.17, 15) is 4.39 Å². The standard InChI is InChI=1S/C15H18ClFN2/c1-2-12(18)9-13-6-4-8-19(13)10-11-5-3-7-14(16)15(11)17/h3-8,12H,2,9-10,18H2,1H3. The Bertz CT molecular complexity index is 551. The Hall–Kier alpha value is -1.32. The fraction of sp³-hybridized carbons (Fsp3) is 0.333. The Kier molecular flexibility index (Phi) is 4.61. The van der Waals surface area contributed by atoms with Gasteiger partial charge < -0.3 is 10.3 Å². The van der Waals surface area contributed by atoms with Crippen LogP contribution >= 0.6 is 11.6 Å². The molecule has 102 valence electrons. The minimum Gasteiger partial charge on any atom is -0.347 e. The van der Waals surface area contributed by atoms with Crippen LogP contribution in [0.25, 0.3) is 0 Å². The van der Waals surface area contributed by atoms with Gasteiger partial charge in [0.2, 0.25) is 0 Å². The molecule has 2 N–H and O–H groups in total. The van der Waals surface area contributed by atoms with E-state index in [1.807, 2.05) is 22.9 Å². The molecular formula is C15H18ClFN2. The normalized spacial score (nSPS) is 12.6. The minimum atomic E-state index is -0.344. The third-order valence-corrected chi connectivity index (χ3v) is 3.58. The summed E-state index contributed by atoms with van der Waals surface area (Å²) in [4.78, 5) is 0. The van der Waals surface area contributed by atoms with Crippen LogP contribution in [0.3, 0.4) is 0 Å². The molecule has 0 fully saturated rings. The quantitative estimate of drug-likeness (QED) is 0.891. The molecule has 0 aliphatic carbocycles. The van der Waals surface area contributed by atoms with E-state index in [4.69, 9.17) is 17.3 Å². The molecular weight excluding hydrogens is 263 g/mol. The van der Waals surface area contributed by atoms with Crippen LogP contribution in [0.2, 0.25) is 5.02 Å². The molecule has 1 aromatic carbocycles. The Morgan fingerprint density at radius 2 is 2.11 bits per heavy atom. The monoisotopic (exact) mass is 280 g/mol. The van der Waals surface area contributed by atoms with Crippen LogP contribution in [-0.2, 0) is 13.0 Å². The molecule has 0 spiro atoms. The first-order valence-electron chi connectivity index (χ1n) is 6.44. The fourth-order valence-corrected chi connectivity index (χ4v) is 2.25. The van der Waals surface area contributed by atoms with Crippen LogP contribution in [0.4, 0.5) is 4.39 Å². The van der Waals surface area contributed by atoms with Gasteiger partial charge in [-0.3, -0.25) is 0 Å². The van der Waals surface area contributed by atoms with Crippen LogP contribution in [0.15, 0.2) is 36.5 Å². The lowest BCUT2D eigenvalue weighted by Gasteiger charge is -2.13. The van der Waals surface area contributed by atoms with Crippen molar-refractivity contribution < 1.29 is 4.39 Å². The van der Waals surface area contributed by atoms with Crippen LogP contribution in [0.1, 0.15) is 24.6 Å². The second kappa shape index (κ2) is 6.22. The molecule has 0 aliphatic rings. The topological polar surface area (TPSA) is 30.9 Å². The smallest absolute Gasteiger partial charge is 0.146 e. The van der Waals surface area contributed by atoms with Crippen LogP contribution < -0.4 is 5.73 Å². The number of hydrogen-bond donors (Lipinski definition) is 1. The molecule has 0 saturated heterocycles. The lowest BCUT2D eigenvalue weighted by atomic mass is 10.1. The van der Waals surface area contributed by atoms with Crippen molar-refractivity contribution in [2.75, 3.05) is 0 Å². The summed E-state index contributed by atoms with van der Waals surface area (Å²) in [5, 5.41) is 0.163. The summed E-state index contributed by atoms with van der Waals surface area (Å²) >= 11 is 5.80. The summed E-state index contributed by atoms with van der Waals surface area (Å²) in [6.07, 6.45) is 3.67. The third-order valence-electron chi connectivity index (χ3n) is 3.29. The molecule has 0 bridgehead atoms. The number of hydrogen-bond acceptors (Lipinski definition) is 1. The number of halogens is 2. The van der Waals surface area contributed by atoms with Crippen molar-refractivity contribution in [1.82, 2.24) is 4.57 Å². The summed E-state index contributed by atoms with van der Waals surface area (Å²) < 4.78 is 15.9. The largest absolute Gasteiger partial charge is 0.347 e. The van der Waals surface area contributed by atoms with Crippen molar-refractivity contribution in [3.63, 3.8) is 0 Å². The lowest BCUT2D eigenvalue weighted by Crippen LogP contribution is -2.23. The summed E-state index contributed by atoms with van der Waals surface area (Å²) in [7, 11) is 0. The van der Waals surface area contributed by atoms with Gasteiger partial charge in [-0.25, -0.2) is 4.39 Å². The average Bonchev–Trinajstić information content (AvgIpc) is 2.82. The maximum absolute atomic E-state index is 13.9. The van der Waals surface area contributed by atoms with Crippen molar-refractivity contribution in [2.45, 2.75) is 32.4 Å². The SMILES string of the molecule is CCC(N)Cc1cccn1Cc1cccc(Cl)c1F. The molecule has 1 aromatic heterocycles. The molecule has 0 radical (unpaired) electrons. The molecule has 1 heterocycles. The number of benzene rings is 1. The Morgan fingerprint density at radius 1 is 1.32 bits per heavy atom. The van der Waals surface area contributed by atoms with E-state index in [1.165, 1.54) is 0 Å². The number of nitrogens with two attached hydrogens (primary N) is 1. The zero-order valence-corrected chi connectivity index (χ0v) is 11.7. The van der Waals surface area contributed by atoms with E-state index in [1.54, 1.807) is 18.2 Å². The van der Waals surface area contributed by atoms with Gasteiger partial charge in [0.05, 0.1) is 11.6 Å². The number of rotatable bonds is 5. The first-order chi connectivity index (χ1) is 9.11. The van der Waals surface area contributed by atoms with Gasteiger partial charge >= 0.3 is 0 Å². The predicted octanol–water partition coefficient (Wildman–Crippen LogP) is 3.61. The van der Waals surface area contributed by atoms with E-state index in [0.29, 0.717) is 12.1 Å². The van der Waals surface area contributed by atoms with Gasteiger partial charge in [-0.15, -0.1) is 0 Å². The Labute approximate surface area is 118 Å². The second-order valence-corrected chi connectivity index (χ2v) is 5.12. The lowest BCUT2D eigenvalue weighted by molar-refractivity contribution is 0.582. The van der Waals surface area contributed by atoms with Crippen LogP contribution in [0.5, 0.6) is 0 Å². The highest BCUT2D eigenvalue weighted by atomic mass is 35.5. The Morgan fingerprint density at radius 3 is 2.84 bits per heavy atom. The molecule has 1 unspecified atom stereocenters. The van der Waals surface area contributed by atoms with Crippen molar-refractivity contribution in [2.24, 2.45) is 5.73 Å². The van der Waals surface area contributed by atoms with Gasteiger partial charge in [-0.2, -0.15) is 0 Å². The Balaban J connectivity index is 2.20. The van der Waals surface area contributed by atoms with Crippen LogP contribution in [0, 0.1) is 5.82 Å². The highest BCUT2D eigenvalue weighted by molar-refractivity contribution is 6.30. The molecule has 0 aliphatic heterocycles. The van der Waals surface area contributed by atoms with Gasteiger partial charge in [0.15, 0.2) is 0 Å². The third kappa shape index (κ3) is 3.37. The molecule has 0 saturated carbocycles. The molecule has 0 amide bonds. The van der Waals surface area contributed by atoms with Gasteiger partial charge in [0, 0.05) is 29.9 Å². The summed E-state index contributed by atoms with van der Waals surface area (Å²) in [5.41, 5.74) is 7.68. The summed E-state index contributed by atoms with van der Waals surface area (Å²) in [6.45, 7) is 2.54. The first kappa shape index (κ1) is 14.1. The maximum atomic E-state index is 13.9. The van der Waals surface area contributed by atoms with E-state index >= 15 is 0 Å². The molecule has 19 heavy (non-hydrogen) atoms. The molecule has 2 aromatic rings. The fourth-order valence-electron chi connectivity index (χ4n) is 2.06. The average molecular weight is 281 g/mol. The highest BCUT2D eigenvalue weighted by Crippen LogP contribution is 2.19. The summed E-state index contributed by atoms with van der Waals surface area (Å²) in [5.74, 6) is -0.344. The van der Waals surface area contributed by atoms with Gasteiger partial charge in [0.1, 0.15) is 5.82 Å². The maximum Gasteiger partial charge on any atom is 0.146 e. The zero-order valence-electron chi connectivity index (χ0n) is 10.9. The predicted molar refractivity (Wildman–Crippen MR) is 76.9 cm³/mol. The van der Waals surface area contributed by atoms with Gasteiger partial charge in [0.25, 0.3) is 0 Å². The van der Waals surface area contributed by atoms with Crippen molar-refractivity contribution in [3.8, 4) is 0 Å². The van der Waals surface area contributed by atoms with Crippen LogP contribution in [-0.4, -0.2) is 10.6 Å².